The first kappa shape index (κ1) is 12.8. The van der Waals surface area contributed by atoms with E-state index in [1.165, 1.54) is 25.3 Å². The zero-order valence-corrected chi connectivity index (χ0v) is 10.6. The van der Waals surface area contributed by atoms with E-state index in [0.717, 1.165) is 6.54 Å². The molecule has 1 unspecified atom stereocenters. The van der Waals surface area contributed by atoms with Crippen molar-refractivity contribution in [3.8, 4) is 5.75 Å². The van der Waals surface area contributed by atoms with Crippen LogP contribution in [0.1, 0.15) is 17.3 Å². The lowest BCUT2D eigenvalue weighted by atomic mass is 10.1. The molecule has 98 valence electrons. The number of methoxy groups -OCH3 is 1. The second-order valence-electron chi connectivity index (χ2n) is 4.46. The van der Waals surface area contributed by atoms with E-state index in [9.17, 15) is 9.18 Å². The van der Waals surface area contributed by atoms with E-state index in [1.807, 2.05) is 6.92 Å². The number of ether oxygens (including phenoxy) is 1. The summed E-state index contributed by atoms with van der Waals surface area (Å²) in [6.07, 6.45) is 0. The average molecular weight is 252 g/mol. The maximum Gasteiger partial charge on any atom is 0.254 e. The molecule has 0 bridgehead atoms. The minimum Gasteiger partial charge on any atom is -0.494 e. The van der Waals surface area contributed by atoms with E-state index in [1.54, 1.807) is 4.90 Å². The zero-order chi connectivity index (χ0) is 13.1. The Balaban J connectivity index is 2.17. The normalized spacial score (nSPS) is 19.7. The number of carbonyl (C=O) groups is 1. The van der Waals surface area contributed by atoms with Crippen LogP contribution in [0.5, 0.6) is 5.75 Å². The molecule has 4 nitrogen and oxygen atoms in total. The van der Waals surface area contributed by atoms with Gasteiger partial charge in [-0.25, -0.2) is 4.39 Å². The van der Waals surface area contributed by atoms with Gasteiger partial charge in [0.2, 0.25) is 0 Å². The van der Waals surface area contributed by atoms with Gasteiger partial charge in [0.15, 0.2) is 11.6 Å². The van der Waals surface area contributed by atoms with Crippen LogP contribution in [0.3, 0.4) is 0 Å². The first-order chi connectivity index (χ1) is 8.61. The van der Waals surface area contributed by atoms with Crippen molar-refractivity contribution in [3.63, 3.8) is 0 Å². The van der Waals surface area contributed by atoms with E-state index in [2.05, 4.69) is 5.32 Å². The standard InChI is InChI=1S/C13H17FN2O2/c1-9-8-16(6-5-15-9)13(17)10-3-4-11(14)12(7-10)18-2/h3-4,7,9,15H,5-6,8H2,1-2H3. The number of nitrogens with zero attached hydrogens (tertiary/aromatic N) is 1. The van der Waals surface area contributed by atoms with Crippen molar-refractivity contribution in [2.24, 2.45) is 0 Å². The Morgan fingerprint density at radius 2 is 2.33 bits per heavy atom. The van der Waals surface area contributed by atoms with Crippen LogP contribution in [0.15, 0.2) is 18.2 Å². The summed E-state index contributed by atoms with van der Waals surface area (Å²) >= 11 is 0. The van der Waals surface area contributed by atoms with E-state index in [-0.39, 0.29) is 17.7 Å². The summed E-state index contributed by atoms with van der Waals surface area (Å²) in [7, 11) is 1.39. The van der Waals surface area contributed by atoms with Crippen LogP contribution in [0.2, 0.25) is 0 Å². The highest BCUT2D eigenvalue weighted by Crippen LogP contribution is 2.19. The molecular formula is C13H17FN2O2. The van der Waals surface area contributed by atoms with Crippen molar-refractivity contribution in [2.45, 2.75) is 13.0 Å². The molecule has 0 radical (unpaired) electrons. The monoisotopic (exact) mass is 252 g/mol. The van der Waals surface area contributed by atoms with Gasteiger partial charge in [-0.05, 0) is 25.1 Å². The van der Waals surface area contributed by atoms with Crippen molar-refractivity contribution >= 4 is 5.91 Å². The molecule has 2 rings (SSSR count). The Kier molecular flexibility index (Phi) is 3.81. The number of halogens is 1. The number of nitrogens with one attached hydrogen (secondary N) is 1. The van der Waals surface area contributed by atoms with Crippen molar-refractivity contribution in [2.75, 3.05) is 26.7 Å². The van der Waals surface area contributed by atoms with Crippen molar-refractivity contribution in [1.82, 2.24) is 10.2 Å². The lowest BCUT2D eigenvalue weighted by Crippen LogP contribution is -2.51. The molecule has 1 aliphatic heterocycles. The third-order valence-corrected chi connectivity index (χ3v) is 3.05. The Bertz CT molecular complexity index is 451. The molecule has 5 heteroatoms. The fraction of sp³-hybridized carbons (Fsp3) is 0.462. The molecule has 1 N–H and O–H groups in total. The van der Waals surface area contributed by atoms with Gasteiger partial charge in [0.05, 0.1) is 7.11 Å². The summed E-state index contributed by atoms with van der Waals surface area (Å²) in [5.74, 6) is -0.437. The molecule has 1 aliphatic rings. The van der Waals surface area contributed by atoms with Crippen molar-refractivity contribution in [1.29, 1.82) is 0 Å². The minimum atomic E-state index is -0.456. The molecule has 0 spiro atoms. The van der Waals surface area contributed by atoms with Gasteiger partial charge in [-0.2, -0.15) is 0 Å². The number of piperazine rings is 1. The predicted molar refractivity (Wildman–Crippen MR) is 66.3 cm³/mol. The van der Waals surface area contributed by atoms with E-state index < -0.39 is 5.82 Å². The highest BCUT2D eigenvalue weighted by Gasteiger charge is 2.22. The molecule has 1 atom stereocenters. The quantitative estimate of drug-likeness (QED) is 0.861. The van der Waals surface area contributed by atoms with Gasteiger partial charge in [-0.15, -0.1) is 0 Å². The van der Waals surface area contributed by atoms with Crippen LogP contribution in [0.25, 0.3) is 0 Å². The van der Waals surface area contributed by atoms with Gasteiger partial charge in [-0.3, -0.25) is 4.79 Å². The number of benzene rings is 1. The van der Waals surface area contributed by atoms with Crippen LogP contribution in [0, 0.1) is 5.82 Å². The Morgan fingerprint density at radius 1 is 1.56 bits per heavy atom. The van der Waals surface area contributed by atoms with Crippen LogP contribution in [-0.4, -0.2) is 43.6 Å². The molecule has 18 heavy (non-hydrogen) atoms. The highest BCUT2D eigenvalue weighted by molar-refractivity contribution is 5.94. The molecule has 0 aromatic heterocycles. The van der Waals surface area contributed by atoms with E-state index in [0.29, 0.717) is 18.7 Å². The fourth-order valence-electron chi connectivity index (χ4n) is 2.09. The lowest BCUT2D eigenvalue weighted by molar-refractivity contribution is 0.0708. The zero-order valence-electron chi connectivity index (χ0n) is 10.6. The molecular weight excluding hydrogens is 235 g/mol. The summed E-state index contributed by atoms with van der Waals surface area (Å²) in [6.45, 7) is 4.15. The SMILES string of the molecule is COc1cc(C(=O)N2CCNC(C)C2)ccc1F. The Morgan fingerprint density at radius 3 is 3.00 bits per heavy atom. The molecule has 0 saturated carbocycles. The smallest absolute Gasteiger partial charge is 0.254 e. The Hall–Kier alpha value is -1.62. The summed E-state index contributed by atoms with van der Waals surface area (Å²) in [5.41, 5.74) is 0.461. The third kappa shape index (κ3) is 2.61. The average Bonchev–Trinajstić information content (AvgIpc) is 2.38. The first-order valence-corrected chi connectivity index (χ1v) is 5.98. The molecule has 1 aromatic carbocycles. The molecule has 1 fully saturated rings. The van der Waals surface area contributed by atoms with Crippen LogP contribution in [0.4, 0.5) is 4.39 Å². The van der Waals surface area contributed by atoms with Crippen molar-refractivity contribution in [3.05, 3.63) is 29.6 Å². The first-order valence-electron chi connectivity index (χ1n) is 5.98. The summed E-state index contributed by atoms with van der Waals surface area (Å²) < 4.78 is 18.2. The van der Waals surface area contributed by atoms with Crippen molar-refractivity contribution < 1.29 is 13.9 Å². The minimum absolute atomic E-state index is 0.0818. The van der Waals surface area contributed by atoms with Crippen LogP contribution >= 0.6 is 0 Å². The molecule has 1 saturated heterocycles. The molecule has 1 aromatic rings. The number of rotatable bonds is 2. The molecule has 1 amide bonds. The van der Waals surface area contributed by atoms with Gasteiger partial charge in [0, 0.05) is 31.2 Å². The lowest BCUT2D eigenvalue weighted by Gasteiger charge is -2.32. The largest absolute Gasteiger partial charge is 0.494 e. The Labute approximate surface area is 106 Å². The van der Waals surface area contributed by atoms with Crippen LogP contribution in [-0.2, 0) is 0 Å². The second-order valence-corrected chi connectivity index (χ2v) is 4.46. The van der Waals surface area contributed by atoms with Crippen LogP contribution < -0.4 is 10.1 Å². The van der Waals surface area contributed by atoms with Gasteiger partial charge in [0.1, 0.15) is 0 Å². The second kappa shape index (κ2) is 5.35. The summed E-state index contributed by atoms with van der Waals surface area (Å²) in [4.78, 5) is 14.0. The maximum atomic E-state index is 13.3. The molecule has 1 heterocycles. The van der Waals surface area contributed by atoms with E-state index in [4.69, 9.17) is 4.74 Å². The number of carbonyl (C=O) groups excluding carboxylic acids is 1. The summed E-state index contributed by atoms with van der Waals surface area (Å²) in [6, 6.07) is 4.49. The van der Waals surface area contributed by atoms with Gasteiger partial charge >= 0.3 is 0 Å². The topological polar surface area (TPSA) is 41.6 Å². The molecule has 0 aliphatic carbocycles. The third-order valence-electron chi connectivity index (χ3n) is 3.05. The number of amides is 1. The van der Waals surface area contributed by atoms with Gasteiger partial charge in [0.25, 0.3) is 5.91 Å². The predicted octanol–water partition coefficient (Wildman–Crippen LogP) is 1.27. The fourth-order valence-corrected chi connectivity index (χ4v) is 2.09. The number of hydrogen-bond donors (Lipinski definition) is 1. The number of hydrogen-bond acceptors (Lipinski definition) is 3. The maximum absolute atomic E-state index is 13.3. The van der Waals surface area contributed by atoms with Gasteiger partial charge < -0.3 is 15.0 Å². The van der Waals surface area contributed by atoms with Gasteiger partial charge in [-0.1, -0.05) is 0 Å². The highest BCUT2D eigenvalue weighted by atomic mass is 19.1. The van der Waals surface area contributed by atoms with E-state index >= 15 is 0 Å². The summed E-state index contributed by atoms with van der Waals surface area (Å²) in [5, 5.41) is 3.27.